The molecule has 0 bridgehead atoms. The monoisotopic (exact) mass is 425 g/mol. The molecule has 27 heavy (non-hydrogen) atoms. The molecular formula is C20H24ClNO3S2. The average molecular weight is 426 g/mol. The second kappa shape index (κ2) is 11.5. The fourth-order valence-corrected chi connectivity index (χ4v) is 4.38. The molecule has 1 aromatic rings. The van der Waals surface area contributed by atoms with Gasteiger partial charge in [-0.3, -0.25) is 14.5 Å². The zero-order valence-corrected chi connectivity index (χ0v) is 17.5. The molecule has 2 rings (SSSR count). The fraction of sp³-hybridized carbons (Fsp3) is 0.450. The maximum absolute atomic E-state index is 12.6. The van der Waals surface area contributed by atoms with Crippen LogP contribution in [0.3, 0.4) is 0 Å². The molecule has 0 spiro atoms. The van der Waals surface area contributed by atoms with Gasteiger partial charge in [0.05, 0.1) is 4.91 Å². The van der Waals surface area contributed by atoms with Gasteiger partial charge in [0.15, 0.2) is 0 Å². The summed E-state index contributed by atoms with van der Waals surface area (Å²) < 4.78 is 0.613. The third kappa shape index (κ3) is 7.64. The second-order valence-corrected chi connectivity index (χ2v) is 8.62. The van der Waals surface area contributed by atoms with Gasteiger partial charge in [0.25, 0.3) is 5.91 Å². The van der Waals surface area contributed by atoms with Crippen LogP contribution in [0.25, 0.3) is 6.08 Å². The minimum Gasteiger partial charge on any atom is -0.481 e. The van der Waals surface area contributed by atoms with Crippen molar-refractivity contribution in [2.45, 2.75) is 51.4 Å². The van der Waals surface area contributed by atoms with Gasteiger partial charge in [-0.1, -0.05) is 79.8 Å². The number of carbonyl (C=O) groups is 2. The molecule has 1 saturated heterocycles. The Morgan fingerprint density at radius 3 is 2.48 bits per heavy atom. The van der Waals surface area contributed by atoms with Crippen LogP contribution in [0.5, 0.6) is 0 Å². The number of hydrogen-bond acceptors (Lipinski definition) is 4. The molecule has 1 N–H and O–H groups in total. The molecule has 0 radical (unpaired) electrons. The Bertz CT molecular complexity index is 721. The van der Waals surface area contributed by atoms with E-state index in [1.165, 1.54) is 11.8 Å². The van der Waals surface area contributed by atoms with Crippen molar-refractivity contribution in [3.8, 4) is 0 Å². The number of hydrogen-bond donors (Lipinski definition) is 1. The SMILES string of the molecule is O=C(O)CCCCCCCCCN1C(=O)/C(=C/c2cccc(Cl)c2)SC1=S. The van der Waals surface area contributed by atoms with E-state index in [0.29, 0.717) is 20.8 Å². The van der Waals surface area contributed by atoms with Crippen molar-refractivity contribution >= 4 is 57.9 Å². The van der Waals surface area contributed by atoms with E-state index in [-0.39, 0.29) is 12.3 Å². The van der Waals surface area contributed by atoms with Crippen molar-refractivity contribution in [3.05, 3.63) is 39.8 Å². The van der Waals surface area contributed by atoms with Gasteiger partial charge in [-0.2, -0.15) is 0 Å². The van der Waals surface area contributed by atoms with Crippen molar-refractivity contribution in [1.29, 1.82) is 0 Å². The molecule has 1 heterocycles. The summed E-state index contributed by atoms with van der Waals surface area (Å²) >= 11 is 12.7. The van der Waals surface area contributed by atoms with Gasteiger partial charge in [0.2, 0.25) is 0 Å². The topological polar surface area (TPSA) is 57.6 Å². The highest BCUT2D eigenvalue weighted by Crippen LogP contribution is 2.33. The maximum Gasteiger partial charge on any atom is 0.303 e. The summed E-state index contributed by atoms with van der Waals surface area (Å²) in [6, 6.07) is 7.40. The number of thioether (sulfide) groups is 1. The summed E-state index contributed by atoms with van der Waals surface area (Å²) in [6.07, 6.45) is 9.05. The van der Waals surface area contributed by atoms with Crippen molar-refractivity contribution in [2.75, 3.05) is 6.54 Å². The first-order valence-electron chi connectivity index (χ1n) is 9.20. The number of thiocarbonyl (C=S) groups is 1. The summed E-state index contributed by atoms with van der Waals surface area (Å²) in [4.78, 5) is 25.3. The molecule has 0 atom stereocenters. The smallest absolute Gasteiger partial charge is 0.303 e. The quantitative estimate of drug-likeness (QED) is 0.278. The van der Waals surface area contributed by atoms with E-state index < -0.39 is 5.97 Å². The normalized spacial score (nSPS) is 15.7. The van der Waals surface area contributed by atoms with Crippen LogP contribution in [0, 0.1) is 0 Å². The van der Waals surface area contributed by atoms with Crippen LogP contribution in [0.1, 0.15) is 56.9 Å². The molecule has 1 aliphatic heterocycles. The van der Waals surface area contributed by atoms with E-state index in [4.69, 9.17) is 28.9 Å². The van der Waals surface area contributed by atoms with Crippen LogP contribution in [-0.4, -0.2) is 32.7 Å². The van der Waals surface area contributed by atoms with E-state index in [2.05, 4.69) is 0 Å². The van der Waals surface area contributed by atoms with Gasteiger partial charge in [-0.05, 0) is 36.6 Å². The lowest BCUT2D eigenvalue weighted by atomic mass is 10.1. The lowest BCUT2D eigenvalue weighted by Gasteiger charge is -2.14. The van der Waals surface area contributed by atoms with Crippen LogP contribution in [0.2, 0.25) is 5.02 Å². The maximum atomic E-state index is 12.6. The first kappa shape index (κ1) is 21.9. The first-order chi connectivity index (χ1) is 13.0. The number of carboxylic acids is 1. The standard InChI is InChI=1S/C20H24ClNO3S2/c21-16-10-8-9-15(13-16)14-17-19(25)22(20(26)27-17)12-7-5-3-1-2-4-6-11-18(23)24/h8-10,13-14H,1-7,11-12H2,(H,23,24)/b17-14-. The van der Waals surface area contributed by atoms with Crippen molar-refractivity contribution < 1.29 is 14.7 Å². The second-order valence-electron chi connectivity index (χ2n) is 6.51. The minimum absolute atomic E-state index is 0.0290. The van der Waals surface area contributed by atoms with Gasteiger partial charge in [-0.15, -0.1) is 0 Å². The molecule has 0 aliphatic carbocycles. The summed E-state index contributed by atoms with van der Waals surface area (Å²) in [6.45, 7) is 0.649. The van der Waals surface area contributed by atoms with E-state index in [1.807, 2.05) is 24.3 Å². The number of halogens is 1. The number of aliphatic carboxylic acids is 1. The summed E-state index contributed by atoms with van der Waals surface area (Å²) in [5, 5.41) is 9.23. The Kier molecular flexibility index (Phi) is 9.31. The highest BCUT2D eigenvalue weighted by molar-refractivity contribution is 8.26. The molecule has 0 unspecified atom stereocenters. The Balaban J connectivity index is 1.69. The van der Waals surface area contributed by atoms with Gasteiger partial charge in [0, 0.05) is 18.0 Å². The van der Waals surface area contributed by atoms with Crippen LogP contribution in [0.4, 0.5) is 0 Å². The van der Waals surface area contributed by atoms with Crippen LogP contribution in [-0.2, 0) is 9.59 Å². The largest absolute Gasteiger partial charge is 0.481 e. The predicted molar refractivity (Wildman–Crippen MR) is 116 cm³/mol. The van der Waals surface area contributed by atoms with Crippen molar-refractivity contribution in [1.82, 2.24) is 4.90 Å². The van der Waals surface area contributed by atoms with E-state index in [9.17, 15) is 9.59 Å². The molecule has 1 amide bonds. The molecular weight excluding hydrogens is 402 g/mol. The molecule has 4 nitrogen and oxygen atoms in total. The number of amides is 1. The van der Waals surface area contributed by atoms with E-state index in [0.717, 1.165) is 50.5 Å². The lowest BCUT2D eigenvalue weighted by molar-refractivity contribution is -0.137. The van der Waals surface area contributed by atoms with Crippen LogP contribution < -0.4 is 0 Å². The summed E-state index contributed by atoms with van der Waals surface area (Å²) in [7, 11) is 0. The van der Waals surface area contributed by atoms with Crippen LogP contribution in [0.15, 0.2) is 29.2 Å². The van der Waals surface area contributed by atoms with Crippen molar-refractivity contribution in [3.63, 3.8) is 0 Å². The Hall–Kier alpha value is -1.37. The number of nitrogens with zero attached hydrogens (tertiary/aromatic N) is 1. The van der Waals surface area contributed by atoms with E-state index in [1.54, 1.807) is 11.0 Å². The van der Waals surface area contributed by atoms with Crippen molar-refractivity contribution in [2.24, 2.45) is 0 Å². The number of benzene rings is 1. The van der Waals surface area contributed by atoms with Crippen LogP contribution >= 0.6 is 35.6 Å². The minimum atomic E-state index is -0.720. The lowest BCUT2D eigenvalue weighted by Crippen LogP contribution is -2.29. The molecule has 0 saturated carbocycles. The first-order valence-corrected chi connectivity index (χ1v) is 10.8. The third-order valence-corrected chi connectivity index (χ3v) is 5.91. The van der Waals surface area contributed by atoms with Gasteiger partial charge in [-0.25, -0.2) is 0 Å². The molecule has 1 aliphatic rings. The Morgan fingerprint density at radius 1 is 1.15 bits per heavy atom. The number of unbranched alkanes of at least 4 members (excludes halogenated alkanes) is 6. The summed E-state index contributed by atoms with van der Waals surface area (Å²) in [5.74, 6) is -0.749. The molecule has 7 heteroatoms. The zero-order valence-electron chi connectivity index (χ0n) is 15.2. The number of carboxylic acid groups (broad SMARTS) is 1. The highest BCUT2D eigenvalue weighted by Gasteiger charge is 2.31. The number of rotatable bonds is 11. The Morgan fingerprint density at radius 2 is 1.81 bits per heavy atom. The summed E-state index contributed by atoms with van der Waals surface area (Å²) in [5.41, 5.74) is 0.894. The molecule has 1 aromatic carbocycles. The average Bonchev–Trinajstić information content (AvgIpc) is 2.87. The molecule has 1 fully saturated rings. The third-order valence-electron chi connectivity index (χ3n) is 4.29. The fourth-order valence-electron chi connectivity index (χ4n) is 2.87. The van der Waals surface area contributed by atoms with Gasteiger partial charge in [0.1, 0.15) is 4.32 Å². The van der Waals surface area contributed by atoms with E-state index >= 15 is 0 Å². The Labute approximate surface area is 175 Å². The van der Waals surface area contributed by atoms with Gasteiger partial charge < -0.3 is 5.11 Å². The van der Waals surface area contributed by atoms with Gasteiger partial charge >= 0.3 is 5.97 Å². The molecule has 0 aromatic heterocycles. The predicted octanol–water partition coefficient (Wildman–Crippen LogP) is 5.75. The zero-order chi connectivity index (χ0) is 19.6. The highest BCUT2D eigenvalue weighted by atomic mass is 35.5. The number of carbonyl (C=O) groups excluding carboxylic acids is 1. The molecule has 146 valence electrons.